The molecule has 0 saturated carbocycles. The smallest absolute Gasteiger partial charge is 0.457 e. The Bertz CT molecular complexity index is 924. The van der Waals surface area contributed by atoms with Crippen molar-refractivity contribution in [3.63, 3.8) is 0 Å². The third-order valence-electron chi connectivity index (χ3n) is 12.5. The summed E-state index contributed by atoms with van der Waals surface area (Å²) in [7, 11) is -4.28. The molecule has 0 aromatic rings. The Kier molecular flexibility index (Phi) is 51.1. The van der Waals surface area contributed by atoms with Crippen LogP contribution in [0.25, 0.3) is 0 Å². The van der Waals surface area contributed by atoms with Gasteiger partial charge in [-0.05, 0) is 12.8 Å². The van der Waals surface area contributed by atoms with Crippen LogP contribution in [0.3, 0.4) is 0 Å². The van der Waals surface area contributed by atoms with Gasteiger partial charge < -0.3 is 20.1 Å². The molecule has 0 heterocycles. The lowest BCUT2D eigenvalue weighted by atomic mass is 10.0. The molecule has 9 heteroatoms. The normalized spacial score (nSPS) is 13.2. The van der Waals surface area contributed by atoms with Crippen LogP contribution < -0.4 is 5.73 Å². The number of ether oxygens (including phenoxy) is 2. The molecule has 372 valence electrons. The maximum absolute atomic E-state index is 12.7. The van der Waals surface area contributed by atoms with Gasteiger partial charge in [0.15, 0.2) is 0 Å². The number of carbonyl (C=O) groups excluding carboxylic acids is 1. The zero-order valence-electron chi connectivity index (χ0n) is 41.6. The van der Waals surface area contributed by atoms with E-state index in [4.69, 9.17) is 24.3 Å². The first kappa shape index (κ1) is 61.5. The third kappa shape index (κ3) is 50.5. The average Bonchev–Trinajstić information content (AvgIpc) is 3.26. The van der Waals surface area contributed by atoms with Crippen molar-refractivity contribution in [1.29, 1.82) is 0 Å². The quantitative estimate of drug-likeness (QED) is 0.0352. The van der Waals surface area contributed by atoms with Crippen LogP contribution in [0, 0.1) is 0 Å². The molecule has 2 atom stereocenters. The maximum Gasteiger partial charge on any atom is 0.472 e. The number of rotatable bonds is 54. The monoisotopic (exact) mass is 902 g/mol. The summed E-state index contributed by atoms with van der Waals surface area (Å²) in [5.41, 5.74) is 5.40. The van der Waals surface area contributed by atoms with Gasteiger partial charge >= 0.3 is 13.8 Å². The Morgan fingerprint density at radius 1 is 0.419 bits per heavy atom. The van der Waals surface area contributed by atoms with Crippen molar-refractivity contribution < 1.29 is 32.8 Å². The molecule has 62 heavy (non-hydrogen) atoms. The van der Waals surface area contributed by atoms with Crippen LogP contribution in [0.2, 0.25) is 0 Å². The maximum atomic E-state index is 12.7. The Morgan fingerprint density at radius 3 is 1.02 bits per heavy atom. The largest absolute Gasteiger partial charge is 0.472 e. The van der Waals surface area contributed by atoms with Gasteiger partial charge in [-0.2, -0.15) is 0 Å². The predicted octanol–water partition coefficient (Wildman–Crippen LogP) is 17.2. The fraction of sp³-hybridized carbons (Fsp3) is 0.981. The highest BCUT2D eigenvalue weighted by Gasteiger charge is 2.25. The van der Waals surface area contributed by atoms with Gasteiger partial charge in [-0.1, -0.05) is 277 Å². The highest BCUT2D eigenvalue weighted by atomic mass is 31.2. The molecule has 0 aliphatic heterocycles. The Hall–Kier alpha value is -0.500. The van der Waals surface area contributed by atoms with E-state index in [2.05, 4.69) is 13.8 Å². The molecule has 8 nitrogen and oxygen atoms in total. The lowest BCUT2D eigenvalue weighted by Gasteiger charge is -2.20. The van der Waals surface area contributed by atoms with E-state index in [0.29, 0.717) is 13.0 Å². The van der Waals surface area contributed by atoms with E-state index in [1.54, 1.807) is 0 Å². The summed E-state index contributed by atoms with van der Waals surface area (Å²) in [5, 5.41) is 0. The number of carbonyl (C=O) groups is 1. The summed E-state index contributed by atoms with van der Waals surface area (Å²) in [6, 6.07) is 0. The minimum atomic E-state index is -4.28. The molecule has 2 unspecified atom stereocenters. The fourth-order valence-electron chi connectivity index (χ4n) is 8.47. The molecule has 0 fully saturated rings. The zero-order valence-corrected chi connectivity index (χ0v) is 42.5. The third-order valence-corrected chi connectivity index (χ3v) is 13.5. The minimum Gasteiger partial charge on any atom is -0.457 e. The summed E-state index contributed by atoms with van der Waals surface area (Å²) in [5.74, 6) is -0.319. The van der Waals surface area contributed by atoms with Crippen molar-refractivity contribution in [2.75, 3.05) is 33.0 Å². The van der Waals surface area contributed by atoms with Crippen molar-refractivity contribution in [3.05, 3.63) is 0 Å². The number of nitrogens with two attached hydrogens (primary N) is 1. The molecule has 0 aliphatic rings. The van der Waals surface area contributed by atoms with E-state index >= 15 is 0 Å². The van der Waals surface area contributed by atoms with Crippen LogP contribution in [0.1, 0.15) is 296 Å². The van der Waals surface area contributed by atoms with Crippen LogP contribution in [0.4, 0.5) is 0 Å². The Balaban J connectivity index is 3.84. The Labute approximate surface area is 386 Å². The van der Waals surface area contributed by atoms with Crippen molar-refractivity contribution >= 4 is 13.8 Å². The highest BCUT2D eigenvalue weighted by Crippen LogP contribution is 2.43. The average molecular weight is 902 g/mol. The van der Waals surface area contributed by atoms with Gasteiger partial charge in [0, 0.05) is 19.6 Å². The molecule has 0 rings (SSSR count). The molecule has 0 aromatic heterocycles. The fourth-order valence-corrected chi connectivity index (χ4v) is 9.24. The molecular formula is C53H108NO7P. The molecule has 3 N–H and O–H groups in total. The van der Waals surface area contributed by atoms with Crippen LogP contribution in [-0.4, -0.2) is 49.9 Å². The molecule has 0 amide bonds. The molecule has 0 aliphatic carbocycles. The topological polar surface area (TPSA) is 117 Å². The molecule has 0 saturated heterocycles. The van der Waals surface area contributed by atoms with Gasteiger partial charge in [-0.3, -0.25) is 13.8 Å². The molecule has 0 radical (unpaired) electrons. The van der Waals surface area contributed by atoms with Gasteiger partial charge in [0.25, 0.3) is 0 Å². The number of esters is 1. The summed E-state index contributed by atoms with van der Waals surface area (Å²) in [4.78, 5) is 22.6. The first-order valence-electron chi connectivity index (χ1n) is 27.5. The molecular weight excluding hydrogens is 794 g/mol. The summed E-state index contributed by atoms with van der Waals surface area (Å²) < 4.78 is 33.7. The standard InChI is InChI=1S/C53H108NO7P/c1-3-5-7-9-11-13-15-17-19-21-23-25-26-27-28-30-32-34-36-38-40-42-44-46-53(55)61-52(51-60-62(56,57)59-49-47-54)50-58-48-45-43-41-39-37-35-33-31-29-24-22-20-18-16-14-12-10-8-6-4-2/h52H,3-51,54H2,1-2H3,(H,56,57). The van der Waals surface area contributed by atoms with Crippen LogP contribution in [0.15, 0.2) is 0 Å². The zero-order chi connectivity index (χ0) is 45.1. The van der Waals surface area contributed by atoms with Gasteiger partial charge in [-0.25, -0.2) is 4.57 Å². The molecule has 0 bridgehead atoms. The number of unbranched alkanes of at least 4 members (excludes halogenated alkanes) is 41. The number of phosphoric ester groups is 1. The number of phosphoric acid groups is 1. The van der Waals surface area contributed by atoms with Crippen molar-refractivity contribution in [1.82, 2.24) is 0 Å². The van der Waals surface area contributed by atoms with E-state index in [0.717, 1.165) is 32.1 Å². The van der Waals surface area contributed by atoms with Gasteiger partial charge in [0.2, 0.25) is 0 Å². The van der Waals surface area contributed by atoms with Crippen LogP contribution in [0.5, 0.6) is 0 Å². The van der Waals surface area contributed by atoms with Gasteiger partial charge in [-0.15, -0.1) is 0 Å². The number of hydrogen-bond donors (Lipinski definition) is 2. The van der Waals surface area contributed by atoms with Crippen molar-refractivity contribution in [3.8, 4) is 0 Å². The van der Waals surface area contributed by atoms with E-state index in [-0.39, 0.29) is 32.3 Å². The first-order valence-corrected chi connectivity index (χ1v) is 29.0. The Morgan fingerprint density at radius 2 is 0.710 bits per heavy atom. The van der Waals surface area contributed by atoms with Crippen LogP contribution >= 0.6 is 7.82 Å². The second-order valence-corrected chi connectivity index (χ2v) is 20.3. The van der Waals surface area contributed by atoms with E-state index in [1.165, 1.54) is 244 Å². The van der Waals surface area contributed by atoms with E-state index in [1.807, 2.05) is 0 Å². The predicted molar refractivity (Wildman–Crippen MR) is 266 cm³/mol. The van der Waals surface area contributed by atoms with Gasteiger partial charge in [0.05, 0.1) is 19.8 Å². The van der Waals surface area contributed by atoms with E-state index in [9.17, 15) is 14.3 Å². The first-order chi connectivity index (χ1) is 30.4. The molecule has 0 aromatic carbocycles. The van der Waals surface area contributed by atoms with Gasteiger partial charge in [0.1, 0.15) is 6.10 Å². The summed E-state index contributed by atoms with van der Waals surface area (Å²) in [6.07, 6.45) is 57.2. The number of hydrogen-bond acceptors (Lipinski definition) is 7. The van der Waals surface area contributed by atoms with Crippen LogP contribution in [-0.2, 0) is 27.9 Å². The van der Waals surface area contributed by atoms with Crippen molar-refractivity contribution in [2.45, 2.75) is 302 Å². The van der Waals surface area contributed by atoms with Crippen molar-refractivity contribution in [2.24, 2.45) is 5.73 Å². The SMILES string of the molecule is CCCCCCCCCCCCCCCCCCCCCCCCCC(=O)OC(COCCCCCCCCCCCCCCCCCCCCCC)COP(=O)(O)OCCN. The lowest BCUT2D eigenvalue weighted by molar-refractivity contribution is -0.154. The second-order valence-electron chi connectivity index (χ2n) is 18.8. The summed E-state index contributed by atoms with van der Waals surface area (Å²) >= 11 is 0. The lowest BCUT2D eigenvalue weighted by Crippen LogP contribution is -2.28. The summed E-state index contributed by atoms with van der Waals surface area (Å²) in [6.45, 7) is 5.02. The molecule has 0 spiro atoms. The highest BCUT2D eigenvalue weighted by molar-refractivity contribution is 7.47. The minimum absolute atomic E-state index is 0.0896. The van der Waals surface area contributed by atoms with E-state index < -0.39 is 13.9 Å². The second kappa shape index (κ2) is 51.5.